The summed E-state index contributed by atoms with van der Waals surface area (Å²) in [5, 5.41) is 0. The molecule has 1 fully saturated rings. The first-order valence-electron chi connectivity index (χ1n) is 9.16. The van der Waals surface area contributed by atoms with E-state index in [-0.39, 0.29) is 16.7 Å². The quantitative estimate of drug-likeness (QED) is 0.585. The van der Waals surface area contributed by atoms with Gasteiger partial charge < -0.3 is 4.57 Å². The van der Waals surface area contributed by atoms with Crippen molar-refractivity contribution in [1.29, 1.82) is 0 Å². The SMILES string of the molecule is Cc1cccc2sc(=NC(=O)C3CCCN(S(=O)(=O)c4ccc(Cl)s4)C3)n(C)c12. The van der Waals surface area contributed by atoms with Gasteiger partial charge in [0.25, 0.3) is 15.9 Å². The molecule has 0 spiro atoms. The van der Waals surface area contributed by atoms with Crippen molar-refractivity contribution in [3.63, 3.8) is 0 Å². The van der Waals surface area contributed by atoms with E-state index in [9.17, 15) is 13.2 Å². The molecule has 0 bridgehead atoms. The normalized spacial score (nSPS) is 19.1. The number of benzene rings is 1. The number of amides is 1. The molecule has 4 rings (SSSR count). The monoisotopic (exact) mass is 469 g/mol. The number of aryl methyl sites for hydroxylation is 2. The zero-order valence-corrected chi connectivity index (χ0v) is 19.2. The van der Waals surface area contributed by atoms with Gasteiger partial charge in [-0.25, -0.2) is 8.42 Å². The molecule has 0 aliphatic carbocycles. The maximum atomic E-state index is 12.9. The third-order valence-corrected chi connectivity index (χ3v) is 9.77. The molecule has 2 aromatic heterocycles. The Morgan fingerprint density at radius 2 is 2.03 bits per heavy atom. The minimum Gasteiger partial charge on any atom is -0.319 e. The van der Waals surface area contributed by atoms with Gasteiger partial charge in [-0.3, -0.25) is 4.79 Å². The van der Waals surface area contributed by atoms with E-state index in [1.807, 2.05) is 36.7 Å². The van der Waals surface area contributed by atoms with E-state index in [1.54, 1.807) is 6.07 Å². The van der Waals surface area contributed by atoms with Crippen LogP contribution in [-0.4, -0.2) is 36.3 Å². The Kier molecular flexibility index (Phi) is 5.69. The maximum absolute atomic E-state index is 12.9. The first-order chi connectivity index (χ1) is 13.8. The molecule has 1 aliphatic rings. The van der Waals surface area contributed by atoms with Gasteiger partial charge in [0.1, 0.15) is 4.21 Å². The average molecular weight is 470 g/mol. The number of halogens is 1. The van der Waals surface area contributed by atoms with Crippen molar-refractivity contribution >= 4 is 60.4 Å². The van der Waals surface area contributed by atoms with E-state index < -0.39 is 15.9 Å². The second-order valence-electron chi connectivity index (χ2n) is 7.08. The van der Waals surface area contributed by atoms with Crippen LogP contribution in [0.15, 0.2) is 39.5 Å². The lowest BCUT2D eigenvalue weighted by Crippen LogP contribution is -2.42. The highest BCUT2D eigenvalue weighted by molar-refractivity contribution is 7.91. The number of aromatic nitrogens is 1. The van der Waals surface area contributed by atoms with Crippen LogP contribution < -0.4 is 4.80 Å². The summed E-state index contributed by atoms with van der Waals surface area (Å²) in [6, 6.07) is 9.11. The Bertz CT molecular complexity index is 1260. The fourth-order valence-electron chi connectivity index (χ4n) is 3.62. The highest BCUT2D eigenvalue weighted by Gasteiger charge is 2.34. The Morgan fingerprint density at radius 3 is 2.72 bits per heavy atom. The molecule has 1 saturated heterocycles. The van der Waals surface area contributed by atoms with Crippen molar-refractivity contribution < 1.29 is 13.2 Å². The summed E-state index contributed by atoms with van der Waals surface area (Å²) in [6.45, 7) is 2.58. The van der Waals surface area contributed by atoms with Crippen LogP contribution in [0.1, 0.15) is 18.4 Å². The van der Waals surface area contributed by atoms with E-state index in [0.717, 1.165) is 27.1 Å². The first-order valence-corrected chi connectivity index (χ1v) is 12.6. The summed E-state index contributed by atoms with van der Waals surface area (Å²) in [6.07, 6.45) is 1.26. The zero-order chi connectivity index (χ0) is 20.8. The van der Waals surface area contributed by atoms with Crippen molar-refractivity contribution in [2.75, 3.05) is 13.1 Å². The molecule has 29 heavy (non-hydrogen) atoms. The molecular formula is C19H20ClN3O3S3. The van der Waals surface area contributed by atoms with Gasteiger partial charge in [0.15, 0.2) is 4.80 Å². The van der Waals surface area contributed by atoms with Crippen molar-refractivity contribution in [2.24, 2.45) is 18.0 Å². The summed E-state index contributed by atoms with van der Waals surface area (Å²) in [7, 11) is -1.74. The summed E-state index contributed by atoms with van der Waals surface area (Å²) in [5.41, 5.74) is 2.19. The van der Waals surface area contributed by atoms with Crippen LogP contribution in [0.25, 0.3) is 10.2 Å². The van der Waals surface area contributed by atoms with E-state index in [0.29, 0.717) is 28.5 Å². The number of thiazole rings is 1. The lowest BCUT2D eigenvalue weighted by molar-refractivity contribution is -0.122. The van der Waals surface area contributed by atoms with Gasteiger partial charge >= 0.3 is 0 Å². The number of rotatable bonds is 3. The predicted octanol–water partition coefficient (Wildman–Crippen LogP) is 3.79. The molecule has 0 N–H and O–H groups in total. The number of nitrogens with zero attached hydrogens (tertiary/aromatic N) is 3. The highest BCUT2D eigenvalue weighted by Crippen LogP contribution is 2.31. The van der Waals surface area contributed by atoms with Crippen LogP contribution in [-0.2, 0) is 21.9 Å². The summed E-state index contributed by atoms with van der Waals surface area (Å²) >= 11 is 8.40. The number of piperidine rings is 1. The molecule has 6 nitrogen and oxygen atoms in total. The molecule has 1 atom stereocenters. The number of carbonyl (C=O) groups excluding carboxylic acids is 1. The molecule has 3 aromatic rings. The molecule has 3 heterocycles. The number of sulfonamides is 1. The number of carbonyl (C=O) groups is 1. The summed E-state index contributed by atoms with van der Waals surface area (Å²) in [4.78, 5) is 17.9. The van der Waals surface area contributed by atoms with Gasteiger partial charge in [-0.2, -0.15) is 9.30 Å². The van der Waals surface area contributed by atoms with Gasteiger partial charge in [0.05, 0.1) is 20.5 Å². The molecule has 1 amide bonds. The highest BCUT2D eigenvalue weighted by atomic mass is 35.5. The first kappa shape index (κ1) is 20.7. The largest absolute Gasteiger partial charge is 0.319 e. The number of fused-ring (bicyclic) bond motifs is 1. The number of para-hydroxylation sites is 1. The molecule has 1 aromatic carbocycles. The number of hydrogen-bond donors (Lipinski definition) is 0. The number of thiophene rings is 1. The van der Waals surface area contributed by atoms with Gasteiger partial charge in [-0.05, 0) is 43.5 Å². The minimum atomic E-state index is -3.64. The van der Waals surface area contributed by atoms with Crippen LogP contribution in [0.4, 0.5) is 0 Å². The Morgan fingerprint density at radius 1 is 1.24 bits per heavy atom. The summed E-state index contributed by atoms with van der Waals surface area (Å²) in [5.74, 6) is -0.714. The van der Waals surface area contributed by atoms with E-state index in [2.05, 4.69) is 4.99 Å². The smallest absolute Gasteiger partial charge is 0.252 e. The van der Waals surface area contributed by atoms with Crippen LogP contribution in [0.2, 0.25) is 4.34 Å². The molecule has 10 heteroatoms. The van der Waals surface area contributed by atoms with Crippen LogP contribution in [0, 0.1) is 12.8 Å². The lowest BCUT2D eigenvalue weighted by atomic mass is 9.99. The second kappa shape index (κ2) is 7.96. The fraction of sp³-hybridized carbons (Fsp3) is 0.368. The third kappa shape index (κ3) is 3.94. The van der Waals surface area contributed by atoms with Gasteiger partial charge in [0, 0.05) is 20.1 Å². The molecule has 1 unspecified atom stereocenters. The van der Waals surface area contributed by atoms with Gasteiger partial charge in [-0.1, -0.05) is 35.1 Å². The molecule has 0 saturated carbocycles. The van der Waals surface area contributed by atoms with E-state index >= 15 is 0 Å². The van der Waals surface area contributed by atoms with Crippen LogP contribution >= 0.6 is 34.3 Å². The van der Waals surface area contributed by atoms with Crippen molar-refractivity contribution in [1.82, 2.24) is 8.87 Å². The fourth-order valence-corrected chi connectivity index (χ4v) is 7.88. The standard InChI is InChI=1S/C19H20ClN3O3S3/c1-12-5-3-7-14-17(12)22(2)19(27-14)21-18(24)13-6-4-10-23(11-13)29(25,26)16-9-8-15(20)28-16/h3,5,7-9,13H,4,6,10-11H2,1-2H3. The van der Waals surface area contributed by atoms with Crippen molar-refractivity contribution in [3.05, 3.63) is 45.0 Å². The van der Waals surface area contributed by atoms with Crippen LogP contribution in [0.3, 0.4) is 0 Å². The Balaban J connectivity index is 1.61. The van der Waals surface area contributed by atoms with Gasteiger partial charge in [-0.15, -0.1) is 11.3 Å². The summed E-state index contributed by atoms with van der Waals surface area (Å²) < 4.78 is 30.8. The van der Waals surface area contributed by atoms with Gasteiger partial charge in [0.2, 0.25) is 0 Å². The van der Waals surface area contributed by atoms with Crippen molar-refractivity contribution in [2.45, 2.75) is 24.0 Å². The van der Waals surface area contributed by atoms with Crippen LogP contribution in [0.5, 0.6) is 0 Å². The lowest BCUT2D eigenvalue weighted by Gasteiger charge is -2.29. The molecular weight excluding hydrogens is 450 g/mol. The van der Waals surface area contributed by atoms with Crippen molar-refractivity contribution in [3.8, 4) is 0 Å². The third-order valence-electron chi connectivity index (χ3n) is 5.11. The minimum absolute atomic E-state index is 0.147. The second-order valence-corrected chi connectivity index (χ2v) is 12.0. The predicted molar refractivity (Wildman–Crippen MR) is 117 cm³/mol. The topological polar surface area (TPSA) is 71.7 Å². The Labute approximate surface area is 182 Å². The average Bonchev–Trinajstić information content (AvgIpc) is 3.27. The number of hydrogen-bond acceptors (Lipinski definition) is 5. The zero-order valence-electron chi connectivity index (χ0n) is 16.0. The van der Waals surface area contributed by atoms with E-state index in [1.165, 1.54) is 21.7 Å². The molecule has 1 aliphatic heterocycles. The maximum Gasteiger partial charge on any atom is 0.252 e. The molecule has 154 valence electrons. The Hall–Kier alpha value is -1.52. The van der Waals surface area contributed by atoms with E-state index in [4.69, 9.17) is 11.6 Å². The molecule has 0 radical (unpaired) electrons.